The molecule has 3 rings (SSSR count). The molecule has 14 nitrogen and oxygen atoms in total. The number of aliphatic hydroxyl groups is 1. The Morgan fingerprint density at radius 2 is 1.97 bits per heavy atom. The van der Waals surface area contributed by atoms with Gasteiger partial charge < -0.3 is 23.6 Å². The zero-order valence-electron chi connectivity index (χ0n) is 17.6. The quantitative estimate of drug-likeness (QED) is 0.294. The van der Waals surface area contributed by atoms with E-state index in [0.29, 0.717) is 5.44 Å². The summed E-state index contributed by atoms with van der Waals surface area (Å²) >= 11 is 0. The third-order valence-electron chi connectivity index (χ3n) is 4.64. The number of aromatic amines is 1. The Balaban J connectivity index is 1.72. The molecule has 0 aliphatic carbocycles. The van der Waals surface area contributed by atoms with Crippen molar-refractivity contribution < 1.29 is 23.6 Å². The Morgan fingerprint density at radius 3 is 2.58 bits per heavy atom. The molecule has 1 fully saturated rings. The van der Waals surface area contributed by atoms with Crippen LogP contribution < -0.4 is 16.7 Å². The fourth-order valence-electron chi connectivity index (χ4n) is 3.14. The van der Waals surface area contributed by atoms with E-state index in [2.05, 4.69) is 15.3 Å². The van der Waals surface area contributed by atoms with Crippen molar-refractivity contribution in [2.45, 2.75) is 43.9 Å². The van der Waals surface area contributed by atoms with Crippen LogP contribution in [0.5, 0.6) is 0 Å². The van der Waals surface area contributed by atoms with Gasteiger partial charge in [0.1, 0.15) is 18.3 Å². The van der Waals surface area contributed by atoms with Crippen LogP contribution in [0.15, 0.2) is 28.0 Å². The van der Waals surface area contributed by atoms with Crippen molar-refractivity contribution in [3.63, 3.8) is 0 Å². The van der Waals surface area contributed by atoms with Gasteiger partial charge in [-0.1, -0.05) is 5.21 Å². The van der Waals surface area contributed by atoms with Gasteiger partial charge in [0.05, 0.1) is 50.9 Å². The highest BCUT2D eigenvalue weighted by molar-refractivity contribution is 7.55. The third kappa shape index (κ3) is 6.09. The first-order valence-electron chi connectivity index (χ1n) is 9.86. The summed E-state index contributed by atoms with van der Waals surface area (Å²) in [6.45, 7) is 0.344. The van der Waals surface area contributed by atoms with Crippen LogP contribution in [0.3, 0.4) is 0 Å². The lowest BCUT2D eigenvalue weighted by Gasteiger charge is -2.19. The topological polar surface area (TPSA) is 190 Å². The molecular weight excluding hydrogens is 457 g/mol. The number of H-pyrrole nitrogens is 1. The molecule has 0 aromatic carbocycles. The van der Waals surface area contributed by atoms with Gasteiger partial charge in [0.15, 0.2) is 11.7 Å². The first-order chi connectivity index (χ1) is 16.0. The van der Waals surface area contributed by atoms with E-state index in [1.54, 1.807) is 6.20 Å². The highest BCUT2D eigenvalue weighted by Crippen LogP contribution is 2.37. The predicted octanol–water partition coefficient (Wildman–Crippen LogP) is -1.10. The van der Waals surface area contributed by atoms with Crippen LogP contribution in [0.25, 0.3) is 0 Å². The fraction of sp³-hybridized carbons (Fsp3) is 0.556. The predicted molar refractivity (Wildman–Crippen MR) is 111 cm³/mol. The number of methoxy groups -OCH3 is 1. The maximum absolute atomic E-state index is 12.2. The molecule has 4 atom stereocenters. The molecule has 3 heterocycles. The number of rotatable bonds is 11. The molecule has 2 aromatic rings. The maximum atomic E-state index is 12.2. The highest BCUT2D eigenvalue weighted by Gasteiger charge is 2.45. The first-order valence-corrected chi connectivity index (χ1v) is 11.0. The minimum absolute atomic E-state index is 0.0716. The minimum Gasteiger partial charge on any atom is -0.387 e. The van der Waals surface area contributed by atoms with Gasteiger partial charge in [0.25, 0.3) is 5.56 Å². The highest BCUT2D eigenvalue weighted by atomic mass is 31.2. The van der Waals surface area contributed by atoms with Crippen LogP contribution in [0.2, 0.25) is 0 Å². The van der Waals surface area contributed by atoms with Crippen molar-refractivity contribution in [2.24, 2.45) is 0 Å². The first kappa shape index (κ1) is 24.7. The van der Waals surface area contributed by atoms with Gasteiger partial charge in [-0.15, -0.1) is 5.10 Å². The number of nitrogens with one attached hydrogen (secondary N) is 1. The number of ether oxygens (including phenoxy) is 2. The molecular formula is C18H22N7O7P. The van der Waals surface area contributed by atoms with Gasteiger partial charge in [-0.2, -0.15) is 10.5 Å². The van der Waals surface area contributed by atoms with Crippen molar-refractivity contribution in [2.75, 3.05) is 20.3 Å². The molecule has 15 heteroatoms. The minimum atomic E-state index is -1.66. The van der Waals surface area contributed by atoms with Gasteiger partial charge in [-0.3, -0.25) is 14.3 Å². The molecule has 2 N–H and O–H groups in total. The number of aromatic nitrogens is 5. The summed E-state index contributed by atoms with van der Waals surface area (Å²) < 4.78 is 24.9. The molecule has 0 spiro atoms. The average Bonchev–Trinajstić information content (AvgIpc) is 3.37. The van der Waals surface area contributed by atoms with Crippen LogP contribution in [-0.2, 0) is 25.1 Å². The number of aliphatic hydroxyl groups excluding tert-OH is 1. The Morgan fingerprint density at radius 1 is 1.27 bits per heavy atom. The zero-order chi connectivity index (χ0) is 23.8. The fourth-order valence-corrected chi connectivity index (χ4v) is 4.33. The number of hydrogen-bond acceptors (Lipinski definition) is 11. The van der Waals surface area contributed by atoms with Crippen molar-refractivity contribution in [1.82, 2.24) is 24.5 Å². The van der Waals surface area contributed by atoms with E-state index in [1.165, 1.54) is 24.1 Å². The smallest absolute Gasteiger partial charge is 0.330 e. The monoisotopic (exact) mass is 479 g/mol. The van der Waals surface area contributed by atoms with E-state index in [4.69, 9.17) is 29.0 Å². The number of nitrogens with zero attached hydrogens (tertiary/aromatic N) is 6. The molecule has 1 aliphatic rings. The van der Waals surface area contributed by atoms with Crippen molar-refractivity contribution in [1.29, 1.82) is 10.5 Å². The van der Waals surface area contributed by atoms with E-state index < -0.39 is 44.2 Å². The Labute approximate surface area is 188 Å². The summed E-state index contributed by atoms with van der Waals surface area (Å²) in [5.74, 6) is 0. The maximum Gasteiger partial charge on any atom is 0.330 e. The summed E-state index contributed by atoms with van der Waals surface area (Å²) in [5.41, 5.74) is -0.869. The van der Waals surface area contributed by atoms with Gasteiger partial charge in [0.2, 0.25) is 8.38 Å². The summed E-state index contributed by atoms with van der Waals surface area (Å²) in [5, 5.41) is 36.1. The van der Waals surface area contributed by atoms with Gasteiger partial charge in [-0.25, -0.2) is 9.48 Å². The lowest BCUT2D eigenvalue weighted by Crippen LogP contribution is -2.38. The molecule has 0 amide bonds. The van der Waals surface area contributed by atoms with Gasteiger partial charge in [-0.05, 0) is 0 Å². The third-order valence-corrected chi connectivity index (χ3v) is 6.05. The SMILES string of the molecule is COC1C(O)C(Cn2cc(P(OCCC#N)OCCC#N)nn2)OC1n1ccc(=O)[nH]c1=O. The standard InChI is InChI=1S/C18H22N7O7P/c1-29-16-15(27)12(32-17(16)25-7-4-13(26)21-18(25)28)10-24-11-14(22-23-24)33(30-8-2-5-19)31-9-3-6-20/h4,7,11-12,15-17,27H,2-3,8-10H2,1H3,(H,21,26,28). The molecule has 1 saturated heterocycles. The Hall–Kier alpha value is -2.97. The van der Waals surface area contributed by atoms with Crippen LogP contribution in [0, 0.1) is 22.7 Å². The number of nitriles is 2. The molecule has 4 unspecified atom stereocenters. The van der Waals surface area contributed by atoms with Crippen molar-refractivity contribution in [3.05, 3.63) is 39.3 Å². The van der Waals surface area contributed by atoms with E-state index in [-0.39, 0.29) is 32.6 Å². The molecule has 176 valence electrons. The van der Waals surface area contributed by atoms with Gasteiger partial charge >= 0.3 is 5.69 Å². The second-order valence-electron chi connectivity index (χ2n) is 6.81. The molecule has 0 bridgehead atoms. The molecule has 2 aromatic heterocycles. The summed E-state index contributed by atoms with van der Waals surface area (Å²) in [4.78, 5) is 25.6. The second-order valence-corrected chi connectivity index (χ2v) is 8.30. The molecule has 0 radical (unpaired) electrons. The van der Waals surface area contributed by atoms with E-state index >= 15 is 0 Å². The number of hydrogen-bond donors (Lipinski definition) is 2. The lowest BCUT2D eigenvalue weighted by atomic mass is 10.1. The Kier molecular flexibility index (Phi) is 8.79. The van der Waals surface area contributed by atoms with E-state index in [0.717, 1.165) is 4.57 Å². The normalized spacial score (nSPS) is 22.3. The van der Waals surface area contributed by atoms with Crippen molar-refractivity contribution in [3.8, 4) is 12.1 Å². The average molecular weight is 479 g/mol. The Bertz CT molecular complexity index is 1100. The van der Waals surface area contributed by atoms with E-state index in [9.17, 15) is 14.7 Å². The molecule has 0 saturated carbocycles. The van der Waals surface area contributed by atoms with Gasteiger partial charge in [0, 0.05) is 19.4 Å². The van der Waals surface area contributed by atoms with Crippen molar-refractivity contribution >= 4 is 13.8 Å². The summed E-state index contributed by atoms with van der Waals surface area (Å²) in [6.07, 6.45) is -0.593. The van der Waals surface area contributed by atoms with Crippen LogP contribution in [0.4, 0.5) is 0 Å². The molecule has 33 heavy (non-hydrogen) atoms. The zero-order valence-corrected chi connectivity index (χ0v) is 18.5. The summed E-state index contributed by atoms with van der Waals surface area (Å²) in [6, 6.07) is 5.11. The van der Waals surface area contributed by atoms with E-state index in [1.807, 2.05) is 12.1 Å². The largest absolute Gasteiger partial charge is 0.387 e. The van der Waals surface area contributed by atoms with Crippen LogP contribution in [0.1, 0.15) is 19.1 Å². The second kappa shape index (κ2) is 11.8. The molecule has 1 aliphatic heterocycles. The van der Waals surface area contributed by atoms with Crippen LogP contribution in [-0.4, -0.2) is 68.3 Å². The summed E-state index contributed by atoms with van der Waals surface area (Å²) in [7, 11) is -0.279. The lowest BCUT2D eigenvalue weighted by molar-refractivity contribution is -0.0566. The van der Waals surface area contributed by atoms with Crippen LogP contribution >= 0.6 is 8.38 Å².